The van der Waals surface area contributed by atoms with E-state index in [-0.39, 0.29) is 26.9 Å². The number of nitrogens with zero attached hydrogens (tertiary/aromatic N) is 5. The highest BCUT2D eigenvalue weighted by Gasteiger charge is 2.23. The van der Waals surface area contributed by atoms with E-state index in [1.807, 2.05) is 4.90 Å². The highest BCUT2D eigenvalue weighted by Crippen LogP contribution is 2.28. The lowest BCUT2D eigenvalue weighted by Gasteiger charge is -2.26. The molecule has 1 aliphatic heterocycles. The van der Waals surface area contributed by atoms with Crippen molar-refractivity contribution in [2.24, 2.45) is 0 Å². The fourth-order valence-corrected chi connectivity index (χ4v) is 5.62. The number of fused-ring (bicyclic) bond motifs is 1. The lowest BCUT2D eigenvalue weighted by atomic mass is 10.2. The van der Waals surface area contributed by atoms with Gasteiger partial charge in [0.1, 0.15) is 5.82 Å². The molecule has 4 rings (SSSR count). The number of aromatic nitrogens is 3. The number of nitrogens with one attached hydrogen (secondary N) is 1. The summed E-state index contributed by atoms with van der Waals surface area (Å²) in [5.41, 5.74) is 0.163. The number of hydrogen-bond donors (Lipinski definition) is 1. The maximum atomic E-state index is 13.3. The molecule has 0 unspecified atom stereocenters. The highest BCUT2D eigenvalue weighted by molar-refractivity contribution is 7.99. The molecule has 0 atom stereocenters. The third-order valence-corrected chi connectivity index (χ3v) is 7.35. The van der Waals surface area contributed by atoms with Gasteiger partial charge in [-0.05, 0) is 18.2 Å². The Kier molecular flexibility index (Phi) is 6.58. The average molecular weight is 529 g/mol. The van der Waals surface area contributed by atoms with Crippen LogP contribution in [0.5, 0.6) is 0 Å². The van der Waals surface area contributed by atoms with E-state index in [4.69, 9.17) is 23.2 Å². The van der Waals surface area contributed by atoms with Crippen LogP contribution < -0.4 is 15.2 Å². The minimum atomic E-state index is -4.07. The molecule has 3 heterocycles. The normalized spacial score (nSPS) is 14.7. The summed E-state index contributed by atoms with van der Waals surface area (Å²) < 4.78 is 42.7. The fraction of sp³-hybridized carbons (Fsp3) is 0.211. The second kappa shape index (κ2) is 9.26. The summed E-state index contributed by atoms with van der Waals surface area (Å²) in [6.07, 6.45) is 5.47. The molecule has 0 spiro atoms. The SMILES string of the molecule is N#Cn1c(=O)c(N2CCSCC2)c2ncc(NS(=O)(=O)/C=C/c3c(Cl)cc(F)cc3Cl)cn21. The molecule has 14 heteroatoms. The summed E-state index contributed by atoms with van der Waals surface area (Å²) >= 11 is 13.6. The third kappa shape index (κ3) is 4.81. The van der Waals surface area contributed by atoms with Crippen LogP contribution in [0.2, 0.25) is 10.0 Å². The minimum absolute atomic E-state index is 0.0169. The maximum absolute atomic E-state index is 13.3. The minimum Gasteiger partial charge on any atom is -0.362 e. The second-order valence-electron chi connectivity index (χ2n) is 6.91. The van der Waals surface area contributed by atoms with E-state index >= 15 is 0 Å². The van der Waals surface area contributed by atoms with E-state index in [9.17, 15) is 22.9 Å². The monoisotopic (exact) mass is 528 g/mol. The van der Waals surface area contributed by atoms with Crippen LogP contribution in [-0.4, -0.2) is 47.2 Å². The van der Waals surface area contributed by atoms with Crippen LogP contribution in [-0.2, 0) is 10.0 Å². The first-order valence-corrected chi connectivity index (χ1v) is 12.9. The number of halogens is 3. The van der Waals surface area contributed by atoms with Crippen LogP contribution in [0, 0.1) is 17.3 Å². The van der Waals surface area contributed by atoms with Gasteiger partial charge in [0.25, 0.3) is 10.0 Å². The Labute approximate surface area is 202 Å². The number of nitriles is 1. The number of thioether (sulfide) groups is 1. The summed E-state index contributed by atoms with van der Waals surface area (Å²) in [6, 6.07) is 2.02. The van der Waals surface area contributed by atoms with Crippen molar-refractivity contribution >= 4 is 68.1 Å². The quantitative estimate of drug-likeness (QED) is 0.540. The van der Waals surface area contributed by atoms with Crippen molar-refractivity contribution in [3.8, 4) is 6.19 Å². The molecule has 172 valence electrons. The van der Waals surface area contributed by atoms with Gasteiger partial charge >= 0.3 is 5.56 Å². The van der Waals surface area contributed by atoms with Gasteiger partial charge in [0, 0.05) is 30.2 Å². The van der Waals surface area contributed by atoms with Crippen molar-refractivity contribution in [3.63, 3.8) is 0 Å². The van der Waals surface area contributed by atoms with E-state index in [0.717, 1.165) is 39.8 Å². The summed E-state index contributed by atoms with van der Waals surface area (Å²) in [4.78, 5) is 18.9. The number of sulfonamides is 1. The molecule has 2 aromatic heterocycles. The van der Waals surface area contributed by atoms with Gasteiger partial charge in [-0.25, -0.2) is 22.3 Å². The smallest absolute Gasteiger partial charge is 0.306 e. The second-order valence-corrected chi connectivity index (χ2v) is 10.5. The predicted molar refractivity (Wildman–Crippen MR) is 128 cm³/mol. The zero-order valence-electron chi connectivity index (χ0n) is 16.7. The van der Waals surface area contributed by atoms with Crippen LogP contribution in [0.4, 0.5) is 15.8 Å². The lowest BCUT2D eigenvalue weighted by Crippen LogP contribution is -2.35. The zero-order valence-corrected chi connectivity index (χ0v) is 19.8. The van der Waals surface area contributed by atoms with E-state index in [1.165, 1.54) is 16.9 Å². The Bertz CT molecular complexity index is 1450. The standard InChI is InChI=1S/C19H15Cl2FN6O3S2/c20-15-7-12(22)8-16(21)14(15)1-6-33(30,31)25-13-9-24-18-17(26-2-4-32-5-3-26)19(29)28(11-23)27(18)10-13/h1,6-10,25H,2-5H2/b6-1+. The molecule has 1 N–H and O–H groups in total. The summed E-state index contributed by atoms with van der Waals surface area (Å²) in [5.74, 6) is 1.03. The van der Waals surface area contributed by atoms with Gasteiger partial charge in [0.2, 0.25) is 6.19 Å². The van der Waals surface area contributed by atoms with Crippen molar-refractivity contribution in [2.45, 2.75) is 0 Å². The molecule has 33 heavy (non-hydrogen) atoms. The fourth-order valence-electron chi connectivity index (χ4n) is 3.31. The van der Waals surface area contributed by atoms with Crippen molar-refractivity contribution in [3.05, 3.63) is 61.7 Å². The van der Waals surface area contributed by atoms with Crippen molar-refractivity contribution < 1.29 is 12.8 Å². The third-order valence-electron chi connectivity index (χ3n) is 4.77. The van der Waals surface area contributed by atoms with E-state index in [1.54, 1.807) is 18.0 Å². The molecule has 0 saturated carbocycles. The van der Waals surface area contributed by atoms with Gasteiger partial charge in [-0.1, -0.05) is 23.2 Å². The lowest BCUT2D eigenvalue weighted by molar-refractivity contribution is 0.609. The molecule has 0 amide bonds. The van der Waals surface area contributed by atoms with Crippen LogP contribution in [0.15, 0.2) is 34.7 Å². The Hall–Kier alpha value is -2.72. The molecular formula is C19H15Cl2FN6O3S2. The topological polar surface area (TPSA) is 112 Å². The van der Waals surface area contributed by atoms with Crippen LogP contribution in [0.1, 0.15) is 5.56 Å². The van der Waals surface area contributed by atoms with Crippen LogP contribution >= 0.6 is 35.0 Å². The summed E-state index contributed by atoms with van der Waals surface area (Å²) in [5, 5.41) is 10.2. The Morgan fingerprint density at radius 1 is 1.24 bits per heavy atom. The molecule has 1 aromatic carbocycles. The maximum Gasteiger partial charge on any atom is 0.306 e. The van der Waals surface area contributed by atoms with Crippen molar-refractivity contribution in [1.29, 1.82) is 5.26 Å². The first kappa shape index (κ1) is 23.4. The first-order valence-electron chi connectivity index (χ1n) is 9.42. The number of anilines is 2. The molecule has 0 bridgehead atoms. The van der Waals surface area contributed by atoms with Gasteiger partial charge in [-0.15, -0.1) is 4.68 Å². The van der Waals surface area contributed by atoms with Gasteiger partial charge in [-0.2, -0.15) is 17.0 Å². The summed E-state index contributed by atoms with van der Waals surface area (Å²) in [7, 11) is -4.07. The van der Waals surface area contributed by atoms with E-state index in [2.05, 4.69) is 9.71 Å². The molecule has 0 aliphatic carbocycles. The predicted octanol–water partition coefficient (Wildman–Crippen LogP) is 3.24. The van der Waals surface area contributed by atoms with Gasteiger partial charge in [0.05, 0.1) is 33.5 Å². The molecule has 3 aromatic rings. The number of hydrogen-bond acceptors (Lipinski definition) is 7. The van der Waals surface area contributed by atoms with E-state index < -0.39 is 21.4 Å². The Balaban J connectivity index is 1.67. The zero-order chi connectivity index (χ0) is 23.8. The van der Waals surface area contributed by atoms with Crippen molar-refractivity contribution in [1.82, 2.24) is 14.2 Å². The Morgan fingerprint density at radius 2 is 1.91 bits per heavy atom. The van der Waals surface area contributed by atoms with Crippen LogP contribution in [0.3, 0.4) is 0 Å². The number of rotatable bonds is 5. The summed E-state index contributed by atoms with van der Waals surface area (Å²) in [6.45, 7) is 1.28. The van der Waals surface area contributed by atoms with Crippen molar-refractivity contribution in [2.75, 3.05) is 34.2 Å². The average Bonchev–Trinajstić information content (AvgIpc) is 3.03. The van der Waals surface area contributed by atoms with Gasteiger partial charge in [0.15, 0.2) is 11.3 Å². The van der Waals surface area contributed by atoms with Crippen LogP contribution in [0.25, 0.3) is 11.7 Å². The van der Waals surface area contributed by atoms with E-state index in [0.29, 0.717) is 18.8 Å². The molecule has 1 aliphatic rings. The van der Waals surface area contributed by atoms with Gasteiger partial charge < -0.3 is 4.90 Å². The molecule has 9 nitrogen and oxygen atoms in total. The molecule has 1 fully saturated rings. The molecular weight excluding hydrogens is 514 g/mol. The first-order chi connectivity index (χ1) is 15.7. The molecule has 0 radical (unpaired) electrons. The Morgan fingerprint density at radius 3 is 2.55 bits per heavy atom. The number of benzene rings is 1. The highest BCUT2D eigenvalue weighted by atomic mass is 35.5. The largest absolute Gasteiger partial charge is 0.362 e. The molecule has 1 saturated heterocycles. The van der Waals surface area contributed by atoms with Gasteiger partial charge in [-0.3, -0.25) is 9.52 Å².